The van der Waals surface area contributed by atoms with Crippen molar-refractivity contribution in [1.29, 1.82) is 0 Å². The molecule has 456 valence electrons. The van der Waals surface area contributed by atoms with Crippen molar-refractivity contribution < 1.29 is 55.6 Å². The first-order valence-corrected chi connectivity index (χ1v) is 34.6. The number of nitrogens with zero attached hydrogens (tertiary/aromatic N) is 2. The van der Waals surface area contributed by atoms with E-state index in [1.807, 2.05) is 36.4 Å². The molecule has 10 rings (SSSR count). The Morgan fingerprint density at radius 2 is 1.06 bits per heavy atom. The molecule has 2 heterocycles. The minimum atomic E-state index is -3.52. The molecule has 0 amide bonds. The molecule has 4 aromatic rings. The van der Waals surface area contributed by atoms with Gasteiger partial charge in [0.15, 0.2) is 0 Å². The lowest BCUT2D eigenvalue weighted by Crippen LogP contribution is -2.49. The molecule has 16 nitrogen and oxygen atoms in total. The average molecular weight is 1360 g/mol. The van der Waals surface area contributed by atoms with Gasteiger partial charge in [-0.25, -0.2) is 36.7 Å². The largest absolute Gasteiger partial charge is 0.490 e. The van der Waals surface area contributed by atoms with Crippen molar-refractivity contribution in [2.24, 2.45) is 33.9 Å². The quantitative estimate of drug-likeness (QED) is 0.0678. The zero-order valence-corrected chi connectivity index (χ0v) is 53.8. The zero-order chi connectivity index (χ0) is 60.1. The number of aliphatic hydroxyl groups is 2. The van der Waals surface area contributed by atoms with Gasteiger partial charge in [0, 0.05) is 47.1 Å². The van der Waals surface area contributed by atoms with Crippen molar-refractivity contribution in [1.82, 2.24) is 0 Å². The fourth-order valence-corrected chi connectivity index (χ4v) is 16.1. The highest BCUT2D eigenvalue weighted by Crippen LogP contribution is 2.49. The molecule has 2 fully saturated rings. The second kappa shape index (κ2) is 27.4. The SMILES string of the molecule is COC(=O)c1ccc2c(c1)N(C[C@@H]1CC[C@H]1[C@@H](O)/C=C(\Br)CCCS(N)(=O)=O)C[C@@]1(CCCc3cc(Cl)ccc31)CO2.COC(=O)c1ccc2c(c1)N(C[C@@H]1CC[C@H]1[C@H](O)/C=C(\Br)CCCS(N)(=O)=O)C[C@@]1(CCCc3cc(Cl)ccc31)CO2. The summed E-state index contributed by atoms with van der Waals surface area (Å²) in [6.07, 6.45) is 13.7. The van der Waals surface area contributed by atoms with Crippen LogP contribution in [-0.4, -0.2) is 116 Å². The van der Waals surface area contributed by atoms with Gasteiger partial charge in [-0.1, -0.05) is 67.2 Å². The van der Waals surface area contributed by atoms with Crippen LogP contribution in [0.2, 0.25) is 10.0 Å². The Balaban J connectivity index is 0.000000202. The first kappa shape index (κ1) is 64.3. The predicted molar refractivity (Wildman–Crippen MR) is 336 cm³/mol. The number of benzene rings is 4. The molecule has 6 N–H and O–H groups in total. The number of halogens is 4. The molecule has 6 aliphatic rings. The fraction of sp³-hybridized carbons (Fsp3) is 0.516. The van der Waals surface area contributed by atoms with E-state index in [9.17, 15) is 36.6 Å². The standard InChI is InChI=1S/2C31H38BrClN2O6S/c2*1-40-30(37)21-7-11-29-27(15-21)35(18-31(19-41-29)12-2-4-20-14-24(33)8-10-26(20)31)17-22-6-9-25(22)28(36)16-23(32)5-3-13-42(34,38)39/h2*7-8,10-11,14-16,22,25,28,36H,2-6,9,12-13,17-19H2,1H3,(H2,34,38,39)/b2*23-16-/t22-,25+,28+,31-;22-,25+,28-,31-/m00/s1. The third-order valence-electron chi connectivity index (χ3n) is 18.0. The number of primary sulfonamides is 2. The number of sulfonamides is 2. The molecule has 0 aromatic heterocycles. The number of nitrogens with two attached hydrogens (primary N) is 2. The highest BCUT2D eigenvalue weighted by atomic mass is 79.9. The van der Waals surface area contributed by atoms with Crippen molar-refractivity contribution in [3.8, 4) is 11.5 Å². The van der Waals surface area contributed by atoms with E-state index in [0.29, 0.717) is 76.2 Å². The van der Waals surface area contributed by atoms with Crippen LogP contribution in [0.25, 0.3) is 0 Å². The maximum absolute atomic E-state index is 12.5. The zero-order valence-electron chi connectivity index (χ0n) is 47.5. The number of hydrogen-bond acceptors (Lipinski definition) is 14. The summed E-state index contributed by atoms with van der Waals surface area (Å²) in [6, 6.07) is 23.2. The number of anilines is 2. The van der Waals surface area contributed by atoms with Crippen LogP contribution in [0.4, 0.5) is 11.4 Å². The second-order valence-corrected chi connectivity index (χ2v) is 30.1. The van der Waals surface area contributed by atoms with Crippen molar-refractivity contribution in [3.05, 3.63) is 137 Å². The molecule has 2 aliphatic heterocycles. The Kier molecular flexibility index (Phi) is 21.0. The van der Waals surface area contributed by atoms with Crippen LogP contribution in [0.3, 0.4) is 0 Å². The molecule has 0 radical (unpaired) electrons. The van der Waals surface area contributed by atoms with Gasteiger partial charge in [0.25, 0.3) is 0 Å². The molecule has 22 heteroatoms. The highest BCUT2D eigenvalue weighted by Gasteiger charge is 2.46. The Morgan fingerprint density at radius 3 is 1.42 bits per heavy atom. The van der Waals surface area contributed by atoms with Crippen molar-refractivity contribution in [2.75, 3.05) is 74.9 Å². The monoisotopic (exact) mass is 1360 g/mol. The summed E-state index contributed by atoms with van der Waals surface area (Å²) in [4.78, 5) is 29.6. The summed E-state index contributed by atoms with van der Waals surface area (Å²) in [5.74, 6) is 1.02. The van der Waals surface area contributed by atoms with Crippen molar-refractivity contribution >= 4 is 98.4 Å². The maximum atomic E-state index is 12.5. The molecule has 2 saturated carbocycles. The van der Waals surface area contributed by atoms with Gasteiger partial charge in [-0.3, -0.25) is 0 Å². The number of methoxy groups -OCH3 is 2. The summed E-state index contributed by atoms with van der Waals surface area (Å²) in [5, 5.41) is 34.0. The predicted octanol–water partition coefficient (Wildman–Crippen LogP) is 10.7. The van der Waals surface area contributed by atoms with Crippen LogP contribution in [0.5, 0.6) is 11.5 Å². The molecular formula is C62H76Br2Cl2N4O12S2. The number of aryl methyl sites for hydroxylation is 2. The summed E-state index contributed by atoms with van der Waals surface area (Å²) in [5.41, 5.74) is 7.20. The summed E-state index contributed by atoms with van der Waals surface area (Å²) < 4.78 is 69.6. The van der Waals surface area contributed by atoms with E-state index in [0.717, 1.165) is 106 Å². The summed E-state index contributed by atoms with van der Waals surface area (Å²) in [6.45, 7) is 3.87. The number of ether oxygens (including phenoxy) is 4. The van der Waals surface area contributed by atoms with Crippen molar-refractivity contribution in [2.45, 2.75) is 113 Å². The van der Waals surface area contributed by atoms with Gasteiger partial charge in [0.05, 0.1) is 73.6 Å². The number of rotatable bonds is 18. The molecular weight excluding hydrogens is 1290 g/mol. The number of carbonyl (C=O) groups excluding carboxylic acids is 2. The van der Waals surface area contributed by atoms with Crippen LogP contribution < -0.4 is 29.6 Å². The molecule has 4 aliphatic carbocycles. The van der Waals surface area contributed by atoms with Gasteiger partial charge in [0.1, 0.15) is 11.5 Å². The van der Waals surface area contributed by atoms with E-state index in [1.165, 1.54) is 36.5 Å². The van der Waals surface area contributed by atoms with Crippen LogP contribution in [0.1, 0.15) is 120 Å². The van der Waals surface area contributed by atoms with Gasteiger partial charge in [-0.15, -0.1) is 0 Å². The number of allylic oxidation sites excluding steroid dienone is 2. The first-order valence-electron chi connectivity index (χ1n) is 28.8. The minimum absolute atomic E-state index is 0.0561. The highest BCUT2D eigenvalue weighted by molar-refractivity contribution is 9.12. The topological polar surface area (TPSA) is 238 Å². The maximum Gasteiger partial charge on any atom is 0.337 e. The third kappa shape index (κ3) is 15.5. The normalized spacial score (nSPS) is 24.6. The van der Waals surface area contributed by atoms with Crippen LogP contribution in [0.15, 0.2) is 93.9 Å². The number of aliphatic hydroxyl groups excluding tert-OH is 2. The molecule has 2 spiro atoms. The van der Waals surface area contributed by atoms with Crippen LogP contribution in [0, 0.1) is 23.7 Å². The van der Waals surface area contributed by atoms with E-state index in [2.05, 4.69) is 65.9 Å². The fourth-order valence-electron chi connectivity index (χ4n) is 13.5. The molecule has 0 unspecified atom stereocenters. The van der Waals surface area contributed by atoms with E-state index >= 15 is 0 Å². The lowest BCUT2D eigenvalue weighted by Gasteiger charge is -2.45. The summed E-state index contributed by atoms with van der Waals surface area (Å²) >= 11 is 19.7. The van der Waals surface area contributed by atoms with Crippen LogP contribution >= 0.6 is 55.1 Å². The number of esters is 2. The average Bonchev–Trinajstić information content (AvgIpc) is 1.57. The number of fused-ring (bicyclic) bond motifs is 6. The minimum Gasteiger partial charge on any atom is -0.490 e. The van der Waals surface area contributed by atoms with E-state index < -0.39 is 44.2 Å². The number of hydrogen-bond donors (Lipinski definition) is 4. The third-order valence-corrected chi connectivity index (χ3v) is 21.6. The second-order valence-electron chi connectivity index (χ2n) is 23.7. The van der Waals surface area contributed by atoms with E-state index in [4.69, 9.17) is 52.4 Å². The van der Waals surface area contributed by atoms with Gasteiger partial charge in [-0.05, 0) is 218 Å². The molecule has 0 bridgehead atoms. The number of carbonyl (C=O) groups is 2. The van der Waals surface area contributed by atoms with Crippen molar-refractivity contribution in [3.63, 3.8) is 0 Å². The van der Waals surface area contributed by atoms with Gasteiger partial charge in [-0.2, -0.15) is 0 Å². The Labute approximate surface area is 520 Å². The smallest absolute Gasteiger partial charge is 0.337 e. The summed E-state index contributed by atoms with van der Waals surface area (Å²) in [7, 11) is -4.28. The Bertz CT molecular complexity index is 3150. The van der Waals surface area contributed by atoms with E-state index in [1.54, 1.807) is 24.3 Å². The van der Waals surface area contributed by atoms with Gasteiger partial charge >= 0.3 is 11.9 Å². The first-order chi connectivity index (χ1) is 40.0. The molecule has 8 atom stereocenters. The lowest BCUT2D eigenvalue weighted by molar-refractivity contribution is 0.0453. The molecule has 84 heavy (non-hydrogen) atoms. The van der Waals surface area contributed by atoms with Crippen LogP contribution in [-0.2, 0) is 53.2 Å². The molecule has 4 aromatic carbocycles. The Hall–Kier alpha value is -4.22. The Morgan fingerprint density at radius 1 is 0.655 bits per heavy atom. The lowest BCUT2D eigenvalue weighted by atomic mass is 9.68. The van der Waals surface area contributed by atoms with E-state index in [-0.39, 0.29) is 46.0 Å². The van der Waals surface area contributed by atoms with Gasteiger partial charge < -0.3 is 39.0 Å². The van der Waals surface area contributed by atoms with Gasteiger partial charge in [0.2, 0.25) is 20.0 Å². The molecule has 0 saturated heterocycles.